The Morgan fingerprint density at radius 1 is 0.744 bits per heavy atom. The van der Waals surface area contributed by atoms with Gasteiger partial charge in [-0.1, -0.05) is 79.4 Å². The molecule has 43 heavy (non-hydrogen) atoms. The number of nitrogens with zero attached hydrogens (tertiary/aromatic N) is 2. The summed E-state index contributed by atoms with van der Waals surface area (Å²) in [5.41, 5.74) is 8.20. The molecular weight excluding hydrogens is 705 g/mol. The van der Waals surface area contributed by atoms with Gasteiger partial charge in [0.25, 0.3) is 0 Å². The molecule has 0 aliphatic heterocycles. The number of aryl methyl sites for hydroxylation is 2. The number of rotatable bonds is 3. The molecule has 7 aromatic rings. The Bertz CT molecular complexity index is 2240. The Balaban J connectivity index is 0.000000188. The fraction of sp³-hybridized carbons (Fsp3) is 0.128. The van der Waals surface area contributed by atoms with Crippen LogP contribution in [0.15, 0.2) is 114 Å². The molecule has 0 unspecified atom stereocenters. The molecule has 1 aliphatic rings. The average Bonchev–Trinajstić information content (AvgIpc) is 3.58. The summed E-state index contributed by atoms with van der Waals surface area (Å²) in [4.78, 5) is 8.76. The van der Waals surface area contributed by atoms with Gasteiger partial charge < -0.3 is 14.4 Å². The van der Waals surface area contributed by atoms with E-state index in [1.807, 2.05) is 66.9 Å². The van der Waals surface area contributed by atoms with E-state index in [0.717, 1.165) is 50.5 Å². The Kier molecular flexibility index (Phi) is 5.87. The van der Waals surface area contributed by atoms with Gasteiger partial charge in [-0.15, -0.1) is 59.2 Å². The molecule has 4 aromatic carbocycles. The van der Waals surface area contributed by atoms with Crippen LogP contribution < -0.4 is 0 Å². The molecule has 1 radical (unpaired) electrons. The zero-order valence-electron chi connectivity index (χ0n) is 29.5. The largest absolute Gasteiger partial charge is 0.500 e. The van der Waals surface area contributed by atoms with Crippen LogP contribution in [-0.4, -0.2) is 9.97 Å². The van der Waals surface area contributed by atoms with Crippen LogP contribution in [0.2, 0.25) is 0 Å². The molecule has 8 rings (SSSR count). The van der Waals surface area contributed by atoms with Crippen LogP contribution in [0.5, 0.6) is 0 Å². The van der Waals surface area contributed by atoms with Crippen LogP contribution in [0.1, 0.15) is 44.3 Å². The van der Waals surface area contributed by atoms with Crippen LogP contribution >= 0.6 is 0 Å². The van der Waals surface area contributed by atoms with Gasteiger partial charge in [-0.25, -0.2) is 0 Å². The molecule has 0 amide bonds. The summed E-state index contributed by atoms with van der Waals surface area (Å²) in [7, 11) is 0. The maximum Gasteiger partial charge on any atom is 0.121 e. The van der Waals surface area contributed by atoms with E-state index in [-0.39, 0.29) is 36.6 Å². The molecule has 0 fully saturated rings. The summed E-state index contributed by atoms with van der Waals surface area (Å²) < 4.78 is 52.6. The van der Waals surface area contributed by atoms with Crippen molar-refractivity contribution in [3.8, 4) is 33.6 Å². The van der Waals surface area contributed by atoms with E-state index in [0.29, 0.717) is 11.3 Å². The molecule has 3 nitrogen and oxygen atoms in total. The number of benzene rings is 4. The minimum absolute atomic E-state index is 0. The number of furan rings is 1. The molecule has 1 aliphatic carbocycles. The molecule has 0 saturated heterocycles. The van der Waals surface area contributed by atoms with Gasteiger partial charge in [-0.05, 0) is 64.9 Å². The standard InChI is InChI=1S/C22H18NO.C17H12N.Ir/c1-12-10-16(23-11-13(12)2)14-8-9-18-20-19-15(22(3,4)21(14)20)6-5-7-17(19)24-18;1-3-7-14(8-4-1)16-11-12-18-17(13-16)15-9-5-2-6-10-15;/h5-7,9-11H,1-4H3;1-9,11-13H;/q2*-1;/i1D3,2D3;;. The van der Waals surface area contributed by atoms with E-state index in [1.165, 1.54) is 17.2 Å². The second-order valence-corrected chi connectivity index (χ2v) is 10.9. The van der Waals surface area contributed by atoms with Crippen molar-refractivity contribution in [1.29, 1.82) is 0 Å². The zero-order chi connectivity index (χ0) is 33.8. The first kappa shape index (κ1) is 22.2. The number of pyridine rings is 2. The molecule has 3 heterocycles. The van der Waals surface area contributed by atoms with E-state index < -0.39 is 13.7 Å². The first-order valence-corrected chi connectivity index (χ1v) is 13.7. The van der Waals surface area contributed by atoms with Gasteiger partial charge >= 0.3 is 0 Å². The van der Waals surface area contributed by atoms with Crippen molar-refractivity contribution in [2.45, 2.75) is 33.0 Å². The molecule has 0 bridgehead atoms. The van der Waals surface area contributed by atoms with Gasteiger partial charge in [0.2, 0.25) is 0 Å². The normalized spacial score (nSPS) is 15.3. The van der Waals surface area contributed by atoms with Gasteiger partial charge in [0.15, 0.2) is 0 Å². The van der Waals surface area contributed by atoms with Gasteiger partial charge in [0.05, 0.1) is 5.58 Å². The van der Waals surface area contributed by atoms with E-state index in [9.17, 15) is 0 Å². The molecule has 0 saturated carbocycles. The first-order valence-electron chi connectivity index (χ1n) is 16.7. The molecule has 3 aromatic heterocycles. The summed E-state index contributed by atoms with van der Waals surface area (Å²) in [5, 5.41) is 2.04. The predicted octanol–water partition coefficient (Wildman–Crippen LogP) is 9.92. The monoisotopic (exact) mass is 741 g/mol. The fourth-order valence-corrected chi connectivity index (χ4v) is 5.87. The minimum atomic E-state index is -2.58. The van der Waals surface area contributed by atoms with Crippen molar-refractivity contribution >= 4 is 21.9 Å². The molecular formula is C39H30IrN2O-2. The first-order chi connectivity index (χ1) is 22.8. The summed E-state index contributed by atoms with van der Waals surface area (Å²) >= 11 is 0. The Hall–Kier alpha value is -4.37. The fourth-order valence-electron chi connectivity index (χ4n) is 5.87. The second-order valence-electron chi connectivity index (χ2n) is 10.9. The third kappa shape index (κ3) is 5.01. The topological polar surface area (TPSA) is 38.9 Å². The number of aromatic nitrogens is 2. The van der Waals surface area contributed by atoms with E-state index in [4.69, 9.17) is 12.6 Å². The maximum atomic E-state index is 7.86. The summed E-state index contributed by atoms with van der Waals surface area (Å²) in [6.07, 6.45) is 3.01. The Morgan fingerprint density at radius 2 is 1.58 bits per heavy atom. The smallest absolute Gasteiger partial charge is 0.121 e. The summed E-state index contributed by atoms with van der Waals surface area (Å²) in [5.74, 6) is 0. The van der Waals surface area contributed by atoms with Crippen molar-refractivity contribution in [2.75, 3.05) is 0 Å². The quantitative estimate of drug-likeness (QED) is 0.169. The average molecular weight is 741 g/mol. The van der Waals surface area contributed by atoms with Crippen molar-refractivity contribution in [3.63, 3.8) is 0 Å². The molecule has 0 spiro atoms. The second kappa shape index (κ2) is 11.4. The Morgan fingerprint density at radius 3 is 2.37 bits per heavy atom. The van der Waals surface area contributed by atoms with Gasteiger partial charge in [0, 0.05) is 46.1 Å². The van der Waals surface area contributed by atoms with E-state index >= 15 is 0 Å². The van der Waals surface area contributed by atoms with Crippen LogP contribution in [0, 0.1) is 25.8 Å². The van der Waals surface area contributed by atoms with E-state index in [1.54, 1.807) is 6.07 Å². The van der Waals surface area contributed by atoms with Gasteiger partial charge in [-0.2, -0.15) is 0 Å². The SMILES string of the molecule is [2H]C([2H])([2H])c1cnc(-c2[c-]cc3oc4cccc5c4c3c2C5(C)C)cc1C([2H])([2H])[2H].[Ir].[c-]1ccccc1-c1cc(-c2ccccc2)ccn1. The van der Waals surface area contributed by atoms with Gasteiger partial charge in [-0.3, -0.25) is 0 Å². The van der Waals surface area contributed by atoms with E-state index in [2.05, 4.69) is 60.2 Å². The van der Waals surface area contributed by atoms with Crippen molar-refractivity contribution < 1.29 is 32.7 Å². The van der Waals surface area contributed by atoms with Crippen molar-refractivity contribution in [3.05, 3.63) is 144 Å². The van der Waals surface area contributed by atoms with Crippen LogP contribution in [-0.2, 0) is 25.5 Å². The molecule has 0 atom stereocenters. The van der Waals surface area contributed by atoms with Crippen LogP contribution in [0.3, 0.4) is 0 Å². The predicted molar refractivity (Wildman–Crippen MR) is 171 cm³/mol. The zero-order valence-corrected chi connectivity index (χ0v) is 25.9. The van der Waals surface area contributed by atoms with Crippen LogP contribution in [0.4, 0.5) is 0 Å². The third-order valence-corrected chi connectivity index (χ3v) is 7.90. The molecule has 4 heteroatoms. The summed E-state index contributed by atoms with van der Waals surface area (Å²) in [6.45, 7) is -0.927. The van der Waals surface area contributed by atoms with Crippen molar-refractivity contribution in [1.82, 2.24) is 9.97 Å². The van der Waals surface area contributed by atoms with Crippen LogP contribution in [0.25, 0.3) is 55.6 Å². The van der Waals surface area contributed by atoms with Crippen molar-refractivity contribution in [2.24, 2.45) is 0 Å². The third-order valence-electron chi connectivity index (χ3n) is 7.90. The summed E-state index contributed by atoms with van der Waals surface area (Å²) in [6, 6.07) is 37.9. The molecule has 0 N–H and O–H groups in total. The maximum absolute atomic E-state index is 7.86. The van der Waals surface area contributed by atoms with Gasteiger partial charge in [0.1, 0.15) is 5.58 Å². The number of hydrogen-bond acceptors (Lipinski definition) is 3. The Labute approximate surface area is 274 Å². The number of hydrogen-bond donors (Lipinski definition) is 0. The minimum Gasteiger partial charge on any atom is -0.500 e. The molecule has 213 valence electrons.